The molecule has 2 aromatic rings. The molecule has 1 saturated heterocycles. The van der Waals surface area contributed by atoms with Gasteiger partial charge in [0.05, 0.1) is 11.6 Å². The number of rotatable bonds is 4. The van der Waals surface area contributed by atoms with Crippen molar-refractivity contribution < 1.29 is 23.1 Å². The molecule has 0 amide bonds. The van der Waals surface area contributed by atoms with E-state index in [2.05, 4.69) is 0 Å². The van der Waals surface area contributed by atoms with E-state index in [4.69, 9.17) is 11.6 Å². The summed E-state index contributed by atoms with van der Waals surface area (Å²) in [5, 5.41) is 10.0. The van der Waals surface area contributed by atoms with E-state index in [1.54, 1.807) is 18.2 Å². The number of hydrogen-bond donors (Lipinski definition) is 1. The van der Waals surface area contributed by atoms with Crippen molar-refractivity contribution in [3.63, 3.8) is 0 Å². The molecule has 0 radical (unpaired) electrons. The zero-order valence-electron chi connectivity index (χ0n) is 13.7. The minimum atomic E-state index is -4.42. The van der Waals surface area contributed by atoms with Gasteiger partial charge in [-0.1, -0.05) is 35.9 Å². The van der Waals surface area contributed by atoms with E-state index in [-0.39, 0.29) is 0 Å². The van der Waals surface area contributed by atoms with Crippen molar-refractivity contribution in [1.29, 1.82) is 0 Å². The molecule has 7 heteroatoms. The highest BCUT2D eigenvalue weighted by molar-refractivity contribution is 6.30. The van der Waals surface area contributed by atoms with Crippen LogP contribution in [0.3, 0.4) is 0 Å². The second kappa shape index (κ2) is 7.29. The summed E-state index contributed by atoms with van der Waals surface area (Å²) in [5.74, 6) is -0.929. The van der Waals surface area contributed by atoms with Gasteiger partial charge in [0, 0.05) is 11.6 Å². The highest BCUT2D eigenvalue weighted by Gasteiger charge is 2.37. The fourth-order valence-electron chi connectivity index (χ4n) is 3.47. The van der Waals surface area contributed by atoms with Crippen LogP contribution in [0, 0.1) is 0 Å². The Labute approximate surface area is 154 Å². The average Bonchev–Trinajstić information content (AvgIpc) is 3.04. The van der Waals surface area contributed by atoms with Gasteiger partial charge in [0.2, 0.25) is 0 Å². The van der Waals surface area contributed by atoms with Crippen LogP contribution in [0.1, 0.15) is 35.6 Å². The fourth-order valence-corrected chi connectivity index (χ4v) is 3.67. The van der Waals surface area contributed by atoms with E-state index in [0.717, 1.165) is 17.7 Å². The summed E-state index contributed by atoms with van der Waals surface area (Å²) in [6.45, 7) is 0.551. The Morgan fingerprint density at radius 3 is 2.42 bits per heavy atom. The summed E-state index contributed by atoms with van der Waals surface area (Å²) in [7, 11) is 0. The highest BCUT2D eigenvalue weighted by atomic mass is 35.5. The predicted molar refractivity (Wildman–Crippen MR) is 92.1 cm³/mol. The first-order valence-corrected chi connectivity index (χ1v) is 8.56. The number of hydrogen-bond acceptors (Lipinski definition) is 2. The van der Waals surface area contributed by atoms with Crippen molar-refractivity contribution in [1.82, 2.24) is 4.90 Å². The van der Waals surface area contributed by atoms with Gasteiger partial charge in [-0.25, -0.2) is 0 Å². The fraction of sp³-hybridized carbons (Fsp3) is 0.316. The van der Waals surface area contributed by atoms with E-state index in [1.165, 1.54) is 12.1 Å². The number of carboxylic acid groups (broad SMARTS) is 1. The first-order valence-electron chi connectivity index (χ1n) is 8.18. The minimum Gasteiger partial charge on any atom is -0.480 e. The van der Waals surface area contributed by atoms with E-state index in [9.17, 15) is 23.1 Å². The number of carboxylic acids is 1. The third-order valence-electron chi connectivity index (χ3n) is 4.63. The van der Waals surface area contributed by atoms with E-state index in [1.807, 2.05) is 11.0 Å². The van der Waals surface area contributed by atoms with Crippen LogP contribution in [0.2, 0.25) is 5.02 Å². The molecule has 138 valence electrons. The normalized spacial score (nSPS) is 19.5. The van der Waals surface area contributed by atoms with Gasteiger partial charge in [0.25, 0.3) is 0 Å². The molecule has 0 spiro atoms. The number of halogens is 4. The molecule has 1 aliphatic rings. The molecule has 3 rings (SSSR count). The zero-order valence-corrected chi connectivity index (χ0v) is 14.5. The van der Waals surface area contributed by atoms with Crippen LogP contribution in [0.4, 0.5) is 13.2 Å². The van der Waals surface area contributed by atoms with Gasteiger partial charge in [0.15, 0.2) is 0 Å². The topological polar surface area (TPSA) is 40.5 Å². The number of benzene rings is 2. The summed E-state index contributed by atoms with van der Waals surface area (Å²) in [6.07, 6.45) is -3.19. The zero-order chi connectivity index (χ0) is 18.9. The van der Waals surface area contributed by atoms with E-state index >= 15 is 0 Å². The first-order chi connectivity index (χ1) is 12.3. The Balaban J connectivity index is 2.05. The Kier molecular flexibility index (Phi) is 5.25. The van der Waals surface area contributed by atoms with Crippen molar-refractivity contribution in [2.45, 2.75) is 31.1 Å². The Hall–Kier alpha value is -2.05. The number of carbonyl (C=O) groups is 1. The maximum absolute atomic E-state index is 12.9. The number of nitrogens with zero attached hydrogens (tertiary/aromatic N) is 1. The van der Waals surface area contributed by atoms with E-state index < -0.39 is 29.8 Å². The predicted octanol–water partition coefficient (Wildman–Crippen LogP) is 5.00. The summed E-state index contributed by atoms with van der Waals surface area (Å²) in [5.41, 5.74) is 0.626. The summed E-state index contributed by atoms with van der Waals surface area (Å²) in [6, 6.07) is 10.7. The number of alkyl halides is 3. The van der Waals surface area contributed by atoms with Crippen LogP contribution in [0.25, 0.3) is 0 Å². The monoisotopic (exact) mass is 383 g/mol. The molecule has 2 aromatic carbocycles. The lowest BCUT2D eigenvalue weighted by Gasteiger charge is -2.32. The lowest BCUT2D eigenvalue weighted by Crippen LogP contribution is -2.39. The maximum atomic E-state index is 12.9. The molecular weight excluding hydrogens is 367 g/mol. The van der Waals surface area contributed by atoms with Gasteiger partial charge < -0.3 is 5.11 Å². The van der Waals surface area contributed by atoms with Gasteiger partial charge in [0.1, 0.15) is 6.04 Å². The van der Waals surface area contributed by atoms with Crippen LogP contribution in [-0.4, -0.2) is 28.6 Å². The third-order valence-corrected chi connectivity index (χ3v) is 4.86. The summed E-state index contributed by atoms with van der Waals surface area (Å²) >= 11 is 6.08. The Morgan fingerprint density at radius 2 is 1.85 bits per heavy atom. The van der Waals surface area contributed by atoms with Crippen molar-refractivity contribution >= 4 is 17.6 Å². The van der Waals surface area contributed by atoms with Crippen molar-refractivity contribution in [3.05, 3.63) is 70.2 Å². The smallest absolute Gasteiger partial charge is 0.416 e. The minimum absolute atomic E-state index is 0.473. The van der Waals surface area contributed by atoms with Crippen molar-refractivity contribution in [2.75, 3.05) is 6.54 Å². The maximum Gasteiger partial charge on any atom is 0.416 e. The van der Waals surface area contributed by atoms with Crippen molar-refractivity contribution in [3.8, 4) is 0 Å². The molecule has 0 aromatic heterocycles. The largest absolute Gasteiger partial charge is 0.480 e. The molecule has 0 aliphatic carbocycles. The van der Waals surface area contributed by atoms with Gasteiger partial charge in [-0.15, -0.1) is 0 Å². The van der Waals surface area contributed by atoms with Crippen LogP contribution in [-0.2, 0) is 11.0 Å². The van der Waals surface area contributed by atoms with E-state index in [0.29, 0.717) is 30.0 Å². The number of likely N-dealkylation sites (tertiary alicyclic amines) is 1. The van der Waals surface area contributed by atoms with Gasteiger partial charge >= 0.3 is 12.1 Å². The third kappa shape index (κ3) is 3.86. The lowest BCUT2D eigenvalue weighted by molar-refractivity contribution is -0.142. The second-order valence-corrected chi connectivity index (χ2v) is 6.75. The van der Waals surface area contributed by atoms with Gasteiger partial charge in [-0.05, 0) is 48.2 Å². The van der Waals surface area contributed by atoms with Crippen LogP contribution in [0.15, 0.2) is 48.5 Å². The number of aliphatic carboxylic acids is 1. The molecule has 1 fully saturated rings. The summed E-state index contributed by atoms with van der Waals surface area (Å²) < 4.78 is 38.6. The standard InChI is InChI=1S/C19H17ClF3NO2/c20-15-4-1-3-13(11-15)17(24-10-2-5-16(24)18(25)26)12-6-8-14(9-7-12)19(21,22)23/h1,3-4,6-9,11,16-17H,2,5,10H2,(H,25,26). The first kappa shape index (κ1) is 18.7. The molecule has 3 nitrogen and oxygen atoms in total. The molecule has 0 bridgehead atoms. The molecule has 1 aliphatic heterocycles. The molecule has 2 unspecified atom stereocenters. The summed E-state index contributed by atoms with van der Waals surface area (Å²) in [4.78, 5) is 13.4. The quantitative estimate of drug-likeness (QED) is 0.808. The molecule has 1 N–H and O–H groups in total. The second-order valence-electron chi connectivity index (χ2n) is 6.31. The van der Waals surface area contributed by atoms with Crippen molar-refractivity contribution in [2.24, 2.45) is 0 Å². The lowest BCUT2D eigenvalue weighted by atomic mass is 9.95. The molecule has 0 saturated carbocycles. The average molecular weight is 384 g/mol. The van der Waals surface area contributed by atoms with Crippen LogP contribution < -0.4 is 0 Å². The molecule has 1 heterocycles. The Bertz CT molecular complexity index is 792. The highest BCUT2D eigenvalue weighted by Crippen LogP contribution is 2.37. The molecule has 2 atom stereocenters. The van der Waals surface area contributed by atoms with Gasteiger partial charge in [-0.3, -0.25) is 9.69 Å². The van der Waals surface area contributed by atoms with Crippen LogP contribution >= 0.6 is 11.6 Å². The molecular formula is C19H17ClF3NO2. The Morgan fingerprint density at radius 1 is 1.15 bits per heavy atom. The van der Waals surface area contributed by atoms with Gasteiger partial charge in [-0.2, -0.15) is 13.2 Å². The van der Waals surface area contributed by atoms with Crippen LogP contribution in [0.5, 0.6) is 0 Å². The SMILES string of the molecule is O=C(O)C1CCCN1C(c1ccc(C(F)(F)F)cc1)c1cccc(Cl)c1. The molecule has 26 heavy (non-hydrogen) atoms.